The number of carbonyl (C=O) groups is 2. The first-order valence-electron chi connectivity index (χ1n) is 7.84. The minimum atomic E-state index is -0.729. The van der Waals surface area contributed by atoms with Gasteiger partial charge in [0.25, 0.3) is 0 Å². The van der Waals surface area contributed by atoms with E-state index in [9.17, 15) is 9.59 Å². The number of nitrogen functional groups attached to an aromatic ring is 2. The maximum Gasteiger partial charge on any atom is 0.315 e. The van der Waals surface area contributed by atoms with Gasteiger partial charge in [0.2, 0.25) is 0 Å². The van der Waals surface area contributed by atoms with E-state index < -0.39 is 5.97 Å². The van der Waals surface area contributed by atoms with Crippen molar-refractivity contribution in [3.8, 4) is 0 Å². The van der Waals surface area contributed by atoms with Crippen LogP contribution in [0.25, 0.3) is 0 Å². The molecule has 2 amide bonds. The van der Waals surface area contributed by atoms with Crippen molar-refractivity contribution in [1.29, 1.82) is 0 Å². The second-order valence-electron chi connectivity index (χ2n) is 5.75. The molecule has 2 aliphatic heterocycles. The first kappa shape index (κ1) is 18.2. The van der Waals surface area contributed by atoms with E-state index in [4.69, 9.17) is 16.6 Å². The standard InChI is InChI=1S/C10H16N2O3S.C5H7N3/c13-8(14)4-2-1-3-7-9-6(5-16-7)11-10(15)12-9;6-4-2-1-3-5(7)8-4/h6-7,9H,1-5H2,(H,13,14)(H2,11,12,15);1-3H,(H4,6,7,8)/t6-,7-,9-;/m0./s1. The summed E-state index contributed by atoms with van der Waals surface area (Å²) in [5.41, 5.74) is 10.5. The third-order valence-electron chi connectivity index (χ3n) is 3.86. The van der Waals surface area contributed by atoms with Crippen molar-refractivity contribution in [2.24, 2.45) is 0 Å². The van der Waals surface area contributed by atoms with E-state index in [0.717, 1.165) is 25.0 Å². The number of unbranched alkanes of at least 4 members (excludes halogenated alkanes) is 1. The lowest BCUT2D eigenvalue weighted by Crippen LogP contribution is -2.36. The lowest BCUT2D eigenvalue weighted by Gasteiger charge is -2.16. The third-order valence-corrected chi connectivity index (χ3v) is 5.37. The van der Waals surface area contributed by atoms with Gasteiger partial charge in [0, 0.05) is 17.4 Å². The summed E-state index contributed by atoms with van der Waals surface area (Å²) in [6.07, 6.45) is 2.88. The van der Waals surface area contributed by atoms with Crippen LogP contribution in [0, 0.1) is 0 Å². The lowest BCUT2D eigenvalue weighted by atomic mass is 10.0. The second-order valence-corrected chi connectivity index (χ2v) is 7.02. The molecule has 0 unspecified atom stereocenters. The van der Waals surface area contributed by atoms with Crippen molar-refractivity contribution in [3.63, 3.8) is 0 Å². The molecule has 3 atom stereocenters. The molecule has 24 heavy (non-hydrogen) atoms. The highest BCUT2D eigenvalue weighted by Gasteiger charge is 2.42. The Bertz CT molecular complexity index is 569. The van der Waals surface area contributed by atoms with Gasteiger partial charge in [-0.3, -0.25) is 4.79 Å². The molecule has 2 fully saturated rings. The molecule has 0 aliphatic carbocycles. The summed E-state index contributed by atoms with van der Waals surface area (Å²) in [5.74, 6) is 1.16. The van der Waals surface area contributed by atoms with Crippen molar-refractivity contribution in [2.45, 2.75) is 43.0 Å². The van der Waals surface area contributed by atoms with Crippen LogP contribution in [-0.2, 0) is 4.79 Å². The Hall–Kier alpha value is -2.16. The van der Waals surface area contributed by atoms with Crippen molar-refractivity contribution >= 4 is 35.4 Å². The molecule has 2 aliphatic rings. The molecule has 0 spiro atoms. The molecule has 132 valence electrons. The zero-order valence-corrected chi connectivity index (χ0v) is 14.1. The molecular formula is C15H23N5O3S. The average molecular weight is 353 g/mol. The monoisotopic (exact) mass is 353 g/mol. The molecule has 0 saturated carbocycles. The van der Waals surface area contributed by atoms with E-state index in [0.29, 0.717) is 16.9 Å². The number of urea groups is 1. The molecule has 2 saturated heterocycles. The number of nitrogens with one attached hydrogen (secondary N) is 2. The number of rotatable bonds is 5. The van der Waals surface area contributed by atoms with Gasteiger partial charge >= 0.3 is 12.0 Å². The molecule has 0 radical (unpaired) electrons. The fraction of sp³-hybridized carbons (Fsp3) is 0.533. The highest BCUT2D eigenvalue weighted by molar-refractivity contribution is 8.00. The van der Waals surface area contributed by atoms with E-state index in [1.807, 2.05) is 11.8 Å². The number of anilines is 2. The zero-order valence-electron chi connectivity index (χ0n) is 13.3. The molecule has 3 rings (SSSR count). The largest absolute Gasteiger partial charge is 0.481 e. The van der Waals surface area contributed by atoms with E-state index in [1.165, 1.54) is 0 Å². The van der Waals surface area contributed by atoms with E-state index in [1.54, 1.807) is 18.2 Å². The van der Waals surface area contributed by atoms with Crippen LogP contribution < -0.4 is 22.1 Å². The number of carboxylic acids is 1. The summed E-state index contributed by atoms with van der Waals surface area (Å²) in [5, 5.41) is 14.8. The Balaban J connectivity index is 0.000000219. The third kappa shape index (κ3) is 5.48. The highest BCUT2D eigenvalue weighted by atomic mass is 32.2. The first-order valence-corrected chi connectivity index (χ1v) is 8.89. The Morgan fingerprint density at radius 3 is 2.58 bits per heavy atom. The van der Waals surface area contributed by atoms with Crippen LogP contribution in [0.1, 0.15) is 25.7 Å². The maximum absolute atomic E-state index is 11.1. The molecule has 1 aromatic heterocycles. The number of pyridine rings is 1. The van der Waals surface area contributed by atoms with E-state index >= 15 is 0 Å². The number of carboxylic acid groups (broad SMARTS) is 1. The van der Waals surface area contributed by atoms with E-state index in [2.05, 4.69) is 15.6 Å². The van der Waals surface area contributed by atoms with Crippen LogP contribution in [0.4, 0.5) is 16.4 Å². The predicted molar refractivity (Wildman–Crippen MR) is 94.7 cm³/mol. The molecule has 7 N–H and O–H groups in total. The van der Waals surface area contributed by atoms with Crippen molar-refractivity contribution in [3.05, 3.63) is 18.2 Å². The number of hydrogen-bond donors (Lipinski definition) is 5. The number of fused-ring (bicyclic) bond motifs is 1. The normalized spacial score (nSPS) is 24.3. The Kier molecular flexibility index (Phi) is 6.53. The fourth-order valence-electron chi connectivity index (χ4n) is 2.73. The van der Waals surface area contributed by atoms with Crippen LogP contribution in [0.5, 0.6) is 0 Å². The average Bonchev–Trinajstić information content (AvgIpc) is 3.03. The van der Waals surface area contributed by atoms with Gasteiger partial charge in [0.05, 0.1) is 12.1 Å². The Labute approximate surface area is 144 Å². The van der Waals surface area contributed by atoms with Crippen LogP contribution in [-0.4, -0.2) is 45.2 Å². The number of aliphatic carboxylic acids is 1. The summed E-state index contributed by atoms with van der Waals surface area (Å²) in [6, 6.07) is 5.58. The van der Waals surface area contributed by atoms with Gasteiger partial charge in [-0.25, -0.2) is 9.78 Å². The molecule has 0 bridgehead atoms. The van der Waals surface area contributed by atoms with Gasteiger partial charge in [0.1, 0.15) is 11.6 Å². The van der Waals surface area contributed by atoms with Crippen LogP contribution in [0.2, 0.25) is 0 Å². The summed E-state index contributed by atoms with van der Waals surface area (Å²) >= 11 is 1.87. The summed E-state index contributed by atoms with van der Waals surface area (Å²) in [4.78, 5) is 25.2. The number of thioether (sulfide) groups is 1. The number of nitrogens with two attached hydrogens (primary N) is 2. The quantitative estimate of drug-likeness (QED) is 0.393. The Morgan fingerprint density at radius 1 is 1.29 bits per heavy atom. The van der Waals surface area contributed by atoms with Gasteiger partial charge < -0.3 is 27.2 Å². The molecular weight excluding hydrogens is 330 g/mol. The zero-order chi connectivity index (χ0) is 17.5. The predicted octanol–water partition coefficient (Wildman–Crippen LogP) is 1.04. The van der Waals surface area contributed by atoms with Gasteiger partial charge in [0.15, 0.2) is 0 Å². The van der Waals surface area contributed by atoms with Gasteiger partial charge in [-0.2, -0.15) is 11.8 Å². The van der Waals surface area contributed by atoms with E-state index in [-0.39, 0.29) is 24.5 Å². The topological polar surface area (TPSA) is 143 Å². The lowest BCUT2D eigenvalue weighted by molar-refractivity contribution is -0.137. The van der Waals surface area contributed by atoms with Crippen LogP contribution in [0.3, 0.4) is 0 Å². The number of hydrogen-bond acceptors (Lipinski definition) is 6. The minimum Gasteiger partial charge on any atom is -0.481 e. The minimum absolute atomic E-state index is 0.0640. The van der Waals surface area contributed by atoms with Crippen molar-refractivity contribution < 1.29 is 14.7 Å². The van der Waals surface area contributed by atoms with Crippen molar-refractivity contribution in [2.75, 3.05) is 17.2 Å². The van der Waals surface area contributed by atoms with Crippen LogP contribution >= 0.6 is 11.8 Å². The number of amides is 2. The summed E-state index contributed by atoms with van der Waals surface area (Å²) in [7, 11) is 0. The maximum atomic E-state index is 11.1. The van der Waals surface area contributed by atoms with Crippen LogP contribution in [0.15, 0.2) is 18.2 Å². The van der Waals surface area contributed by atoms with Gasteiger partial charge in [-0.1, -0.05) is 12.5 Å². The summed E-state index contributed by atoms with van der Waals surface area (Å²) < 4.78 is 0. The van der Waals surface area contributed by atoms with Gasteiger partial charge in [-0.15, -0.1) is 0 Å². The second kappa shape index (κ2) is 8.62. The molecule has 3 heterocycles. The molecule has 8 nitrogen and oxygen atoms in total. The number of carbonyl (C=O) groups excluding carboxylic acids is 1. The Morgan fingerprint density at radius 2 is 2.00 bits per heavy atom. The molecule has 0 aromatic carbocycles. The number of aromatic nitrogens is 1. The highest BCUT2D eigenvalue weighted by Crippen LogP contribution is 2.33. The molecule has 9 heteroatoms. The fourth-order valence-corrected chi connectivity index (χ4v) is 4.28. The first-order chi connectivity index (χ1) is 11.5. The van der Waals surface area contributed by atoms with Crippen molar-refractivity contribution in [1.82, 2.24) is 15.6 Å². The molecule has 1 aromatic rings. The summed E-state index contributed by atoms with van der Waals surface area (Å²) in [6.45, 7) is 0. The number of nitrogens with zero attached hydrogens (tertiary/aromatic N) is 1. The SMILES string of the molecule is Nc1cccc(N)n1.O=C(O)CCCC[C@@H]1SC[C@@H]2NC(=O)N[C@@H]21. The van der Waals surface area contributed by atoms with Gasteiger partial charge in [-0.05, 0) is 25.0 Å². The smallest absolute Gasteiger partial charge is 0.315 e.